The van der Waals surface area contributed by atoms with Crippen LogP contribution in [0.5, 0.6) is 5.75 Å². The Hall–Kier alpha value is -4.39. The normalized spacial score (nSPS) is 14.8. The Morgan fingerprint density at radius 2 is 1.53 bits per heavy atom. The van der Waals surface area contributed by atoms with Crippen LogP contribution in [0.4, 0.5) is 5.69 Å². The molecule has 1 aliphatic heterocycles. The molecule has 0 spiro atoms. The molecule has 1 amide bonds. The molecule has 1 heterocycles. The third-order valence-corrected chi connectivity index (χ3v) is 5.98. The average Bonchev–Trinajstić information content (AvgIpc) is 2.87. The summed E-state index contributed by atoms with van der Waals surface area (Å²) in [6.07, 6.45) is 2.44. The SMILES string of the molecule is COC(=O)c1ccc(C(=O)Nc2ccc(C(=O)C=C3NC(C)(C)Cc4ccc(OC)cc43)cc2)cc1. The van der Waals surface area contributed by atoms with E-state index in [2.05, 4.69) is 29.2 Å². The van der Waals surface area contributed by atoms with Crippen molar-refractivity contribution in [3.63, 3.8) is 0 Å². The number of nitrogens with one attached hydrogen (secondary N) is 2. The summed E-state index contributed by atoms with van der Waals surface area (Å²) in [5.41, 5.74) is 4.45. The van der Waals surface area contributed by atoms with Crippen LogP contribution in [0.25, 0.3) is 5.70 Å². The second kappa shape index (κ2) is 10.1. The summed E-state index contributed by atoms with van der Waals surface area (Å²) in [5.74, 6) is -0.215. The highest BCUT2D eigenvalue weighted by atomic mass is 16.5. The first-order chi connectivity index (χ1) is 17.2. The second-order valence-corrected chi connectivity index (χ2v) is 9.23. The van der Waals surface area contributed by atoms with Gasteiger partial charge < -0.3 is 20.1 Å². The summed E-state index contributed by atoms with van der Waals surface area (Å²) >= 11 is 0. The first kappa shape index (κ1) is 24.7. The standard InChI is InChI=1S/C29H28N2O5/c1-29(2)17-21-11-14-23(35-3)15-24(21)25(31-29)16-26(32)18-9-12-22(13-10-18)30-27(33)19-5-7-20(8-6-19)28(34)36-4/h5-16,31H,17H2,1-4H3,(H,30,33). The zero-order chi connectivity index (χ0) is 25.9. The van der Waals surface area contributed by atoms with Crippen molar-refractivity contribution in [1.29, 1.82) is 0 Å². The highest BCUT2D eigenvalue weighted by Crippen LogP contribution is 2.32. The van der Waals surface area contributed by atoms with E-state index in [0.29, 0.717) is 22.4 Å². The fourth-order valence-corrected chi connectivity index (χ4v) is 4.16. The van der Waals surface area contributed by atoms with Crippen molar-refractivity contribution in [1.82, 2.24) is 5.32 Å². The molecule has 3 aromatic carbocycles. The van der Waals surface area contributed by atoms with Gasteiger partial charge in [0.2, 0.25) is 0 Å². The molecular formula is C29H28N2O5. The lowest BCUT2D eigenvalue weighted by atomic mass is 9.85. The van der Waals surface area contributed by atoms with Crippen LogP contribution < -0.4 is 15.4 Å². The number of esters is 1. The Kier molecular flexibility index (Phi) is 6.92. The van der Waals surface area contributed by atoms with Gasteiger partial charge in [-0.1, -0.05) is 6.07 Å². The molecule has 0 atom stereocenters. The van der Waals surface area contributed by atoms with Crippen molar-refractivity contribution in [3.8, 4) is 5.75 Å². The van der Waals surface area contributed by atoms with Crippen LogP contribution in [0.1, 0.15) is 56.0 Å². The van der Waals surface area contributed by atoms with Crippen LogP contribution in [0.3, 0.4) is 0 Å². The molecular weight excluding hydrogens is 456 g/mol. The van der Waals surface area contributed by atoms with Crippen LogP contribution in [0, 0.1) is 0 Å². The van der Waals surface area contributed by atoms with Crippen LogP contribution in [-0.4, -0.2) is 37.4 Å². The van der Waals surface area contributed by atoms with Gasteiger partial charge in [-0.05, 0) is 86.5 Å². The van der Waals surface area contributed by atoms with Crippen molar-refractivity contribution < 1.29 is 23.9 Å². The average molecular weight is 485 g/mol. The number of methoxy groups -OCH3 is 2. The summed E-state index contributed by atoms with van der Waals surface area (Å²) in [7, 11) is 2.92. The van der Waals surface area contributed by atoms with Gasteiger partial charge in [0.05, 0.1) is 19.8 Å². The number of hydrogen-bond acceptors (Lipinski definition) is 6. The lowest BCUT2D eigenvalue weighted by molar-refractivity contribution is 0.0600. The van der Waals surface area contributed by atoms with Crippen LogP contribution in [-0.2, 0) is 11.2 Å². The summed E-state index contributed by atoms with van der Waals surface area (Å²) in [6.45, 7) is 4.19. The molecule has 0 bridgehead atoms. The monoisotopic (exact) mass is 484 g/mol. The van der Waals surface area contributed by atoms with E-state index in [1.54, 1.807) is 49.6 Å². The number of rotatable bonds is 6. The Bertz CT molecular complexity index is 1340. The maximum absolute atomic E-state index is 13.1. The van der Waals surface area contributed by atoms with Gasteiger partial charge in [-0.2, -0.15) is 0 Å². The summed E-state index contributed by atoms with van der Waals surface area (Å²) in [5, 5.41) is 6.27. The maximum atomic E-state index is 13.1. The molecule has 0 radical (unpaired) electrons. The van der Waals surface area contributed by atoms with E-state index in [4.69, 9.17) is 4.74 Å². The lowest BCUT2D eigenvalue weighted by Gasteiger charge is -2.35. The van der Waals surface area contributed by atoms with Gasteiger partial charge in [-0.25, -0.2) is 4.79 Å². The molecule has 7 heteroatoms. The molecule has 184 valence electrons. The van der Waals surface area contributed by atoms with E-state index in [-0.39, 0.29) is 17.2 Å². The van der Waals surface area contributed by atoms with E-state index >= 15 is 0 Å². The number of hydrogen-bond donors (Lipinski definition) is 2. The molecule has 36 heavy (non-hydrogen) atoms. The van der Waals surface area contributed by atoms with Gasteiger partial charge in [0.25, 0.3) is 5.91 Å². The molecule has 0 aromatic heterocycles. The molecule has 1 aliphatic rings. The summed E-state index contributed by atoms with van der Waals surface area (Å²) < 4.78 is 10.0. The fourth-order valence-electron chi connectivity index (χ4n) is 4.16. The predicted octanol–water partition coefficient (Wildman–Crippen LogP) is 4.88. The Labute approximate surface area is 210 Å². The topological polar surface area (TPSA) is 93.7 Å². The predicted molar refractivity (Wildman–Crippen MR) is 138 cm³/mol. The number of carbonyl (C=O) groups excluding carboxylic acids is 3. The van der Waals surface area contributed by atoms with E-state index in [1.165, 1.54) is 19.2 Å². The number of fused-ring (bicyclic) bond motifs is 1. The van der Waals surface area contributed by atoms with Gasteiger partial charge in [0, 0.05) is 39.7 Å². The molecule has 0 saturated heterocycles. The van der Waals surface area contributed by atoms with Gasteiger partial charge in [-0.3, -0.25) is 9.59 Å². The Morgan fingerprint density at radius 3 is 2.17 bits per heavy atom. The van der Waals surface area contributed by atoms with E-state index in [0.717, 1.165) is 29.0 Å². The van der Waals surface area contributed by atoms with Crippen LogP contribution >= 0.6 is 0 Å². The van der Waals surface area contributed by atoms with E-state index < -0.39 is 5.97 Å². The number of benzene rings is 3. The molecule has 0 saturated carbocycles. The highest BCUT2D eigenvalue weighted by molar-refractivity contribution is 6.09. The molecule has 0 fully saturated rings. The fraction of sp³-hybridized carbons (Fsp3) is 0.207. The van der Waals surface area contributed by atoms with Crippen molar-refractivity contribution in [3.05, 3.63) is 101 Å². The second-order valence-electron chi connectivity index (χ2n) is 9.23. The van der Waals surface area contributed by atoms with Gasteiger partial charge in [0.15, 0.2) is 5.78 Å². The molecule has 4 rings (SSSR count). The summed E-state index contributed by atoms with van der Waals surface area (Å²) in [4.78, 5) is 37.2. The number of amides is 1. The minimum Gasteiger partial charge on any atom is -0.497 e. The van der Waals surface area contributed by atoms with Crippen molar-refractivity contribution in [2.45, 2.75) is 25.8 Å². The molecule has 0 unspecified atom stereocenters. The van der Waals surface area contributed by atoms with Gasteiger partial charge in [0.1, 0.15) is 5.75 Å². The number of ether oxygens (including phenoxy) is 2. The van der Waals surface area contributed by atoms with Gasteiger partial charge in [-0.15, -0.1) is 0 Å². The van der Waals surface area contributed by atoms with E-state index in [9.17, 15) is 14.4 Å². The highest BCUT2D eigenvalue weighted by Gasteiger charge is 2.28. The Morgan fingerprint density at radius 1 is 0.889 bits per heavy atom. The smallest absolute Gasteiger partial charge is 0.337 e. The van der Waals surface area contributed by atoms with Crippen LogP contribution in [0.15, 0.2) is 72.8 Å². The van der Waals surface area contributed by atoms with Crippen molar-refractivity contribution in [2.75, 3.05) is 19.5 Å². The molecule has 0 aliphatic carbocycles. The minimum absolute atomic E-state index is 0.153. The van der Waals surface area contributed by atoms with E-state index in [1.807, 2.05) is 18.2 Å². The number of anilines is 1. The quantitative estimate of drug-likeness (QED) is 0.294. The molecule has 7 nitrogen and oxygen atoms in total. The third kappa shape index (κ3) is 5.46. The molecule has 2 N–H and O–H groups in total. The third-order valence-electron chi connectivity index (χ3n) is 5.98. The zero-order valence-corrected chi connectivity index (χ0v) is 20.7. The maximum Gasteiger partial charge on any atom is 0.337 e. The van der Waals surface area contributed by atoms with Crippen molar-refractivity contribution in [2.24, 2.45) is 0 Å². The summed E-state index contributed by atoms with van der Waals surface area (Å²) in [6, 6.07) is 18.8. The first-order valence-electron chi connectivity index (χ1n) is 11.5. The Balaban J connectivity index is 1.49. The zero-order valence-electron chi connectivity index (χ0n) is 20.7. The van der Waals surface area contributed by atoms with Crippen molar-refractivity contribution >= 4 is 29.0 Å². The number of carbonyl (C=O) groups is 3. The number of allylic oxidation sites excluding steroid dienone is 1. The largest absolute Gasteiger partial charge is 0.497 e. The number of ketones is 1. The van der Waals surface area contributed by atoms with Crippen LogP contribution in [0.2, 0.25) is 0 Å². The first-order valence-corrected chi connectivity index (χ1v) is 11.5. The molecule has 3 aromatic rings. The minimum atomic E-state index is -0.466. The lowest BCUT2D eigenvalue weighted by Crippen LogP contribution is -2.43. The van der Waals surface area contributed by atoms with Gasteiger partial charge >= 0.3 is 5.97 Å².